The van der Waals surface area contributed by atoms with Gasteiger partial charge in [0.2, 0.25) is 0 Å². The van der Waals surface area contributed by atoms with E-state index in [1.54, 1.807) is 0 Å². The second-order valence-electron chi connectivity index (χ2n) is 1.31. The van der Waals surface area contributed by atoms with Crippen LogP contribution in [0.4, 0.5) is 0 Å². The molecule has 0 amide bonds. The Bertz CT molecular complexity index is 199. The van der Waals surface area contributed by atoms with Crippen LogP contribution in [0.3, 0.4) is 0 Å². The van der Waals surface area contributed by atoms with E-state index in [9.17, 15) is 16.4 Å². The molecule has 0 aromatic rings. The van der Waals surface area contributed by atoms with Gasteiger partial charge in [0.15, 0.2) is 0 Å². The molecule has 0 aromatic carbocycles. The van der Waals surface area contributed by atoms with Gasteiger partial charge >= 0.3 is 65.7 Å². The quantitative estimate of drug-likeness (QED) is 0.445. The Morgan fingerprint density at radius 3 is 1.64 bits per heavy atom. The molecule has 6 nitrogen and oxygen atoms in total. The van der Waals surface area contributed by atoms with Gasteiger partial charge in [0.05, 0.1) is 0 Å². The molecule has 0 atom stereocenters. The van der Waals surface area contributed by atoms with Crippen LogP contribution >= 0.6 is 0 Å². The maximum absolute atomic E-state index is 10.5. The van der Waals surface area contributed by atoms with Crippen molar-refractivity contribution < 1.29 is 39.9 Å². The van der Waals surface area contributed by atoms with E-state index in [4.69, 9.17) is 0 Å². The molecule has 0 saturated heterocycles. The van der Waals surface area contributed by atoms with Gasteiger partial charge in [-0.3, -0.25) is 0 Å². The summed E-state index contributed by atoms with van der Waals surface area (Å²) in [4.78, 5) is 19.3. The second-order valence-corrected chi connectivity index (χ2v) is 4.48. The van der Waals surface area contributed by atoms with E-state index in [1.165, 1.54) is 0 Å². The average Bonchev–Trinajstić information content (AvgIpc) is 1.97. The van der Waals surface area contributed by atoms with E-state index >= 15 is 0 Å². The normalized spacial score (nSPS) is 10.9. The molecule has 0 aliphatic heterocycles. The molecular formula is C4H6MoO6. The summed E-state index contributed by atoms with van der Waals surface area (Å²) in [5.74, 6) is 0. The molecule has 0 rings (SSSR count). The van der Waals surface area contributed by atoms with Gasteiger partial charge in [0, 0.05) is 0 Å². The first kappa shape index (κ1) is 10.5. The van der Waals surface area contributed by atoms with Crippen molar-refractivity contribution in [2.75, 3.05) is 13.2 Å². The van der Waals surface area contributed by atoms with E-state index in [2.05, 4.69) is 6.78 Å². The molecular weight excluding hydrogens is 240 g/mol. The molecule has 0 saturated carbocycles. The van der Waals surface area contributed by atoms with Crippen molar-refractivity contribution in [3.8, 4) is 0 Å². The van der Waals surface area contributed by atoms with Crippen LogP contribution in [0.5, 0.6) is 0 Å². The number of rotatable bonds is 6. The number of hydrogen-bond acceptors (Lipinski definition) is 6. The Labute approximate surface area is 66.2 Å². The van der Waals surface area contributed by atoms with Gasteiger partial charge in [0.25, 0.3) is 0 Å². The van der Waals surface area contributed by atoms with Gasteiger partial charge in [-0.25, -0.2) is 0 Å². The Kier molecular flexibility index (Phi) is 5.02. The van der Waals surface area contributed by atoms with Gasteiger partial charge in [-0.1, -0.05) is 0 Å². The monoisotopic (exact) mass is 248 g/mol. The minimum atomic E-state index is -5.20. The third-order valence-corrected chi connectivity index (χ3v) is 2.65. The van der Waals surface area contributed by atoms with Crippen molar-refractivity contribution in [2.45, 2.75) is 0 Å². The van der Waals surface area contributed by atoms with Crippen molar-refractivity contribution in [3.63, 3.8) is 0 Å². The third kappa shape index (κ3) is 5.97. The van der Waals surface area contributed by atoms with Gasteiger partial charge in [-0.05, 0) is 0 Å². The summed E-state index contributed by atoms with van der Waals surface area (Å²) in [6.45, 7) is -1.13. The zero-order chi connectivity index (χ0) is 8.74. The van der Waals surface area contributed by atoms with Crippen molar-refractivity contribution in [3.05, 3.63) is 0 Å². The molecule has 0 aromatic heterocycles. The standard InChI is InChI=1S/2C2H3O2.Mo.2O/c2*3-1-2-4;;;/h2*1H,2H2;;;/q2*-1;+2;;. The molecule has 0 heterocycles. The third-order valence-electron chi connectivity index (χ3n) is 0.561. The van der Waals surface area contributed by atoms with Crippen molar-refractivity contribution in [1.29, 1.82) is 0 Å². The summed E-state index contributed by atoms with van der Waals surface area (Å²) in [6, 6.07) is 0. The van der Waals surface area contributed by atoms with Crippen molar-refractivity contribution >= 4 is 12.6 Å². The molecule has 11 heavy (non-hydrogen) atoms. The molecule has 0 radical (unpaired) electrons. The first-order chi connectivity index (χ1) is 5.12. The average molecular weight is 246 g/mol. The van der Waals surface area contributed by atoms with Gasteiger partial charge in [0.1, 0.15) is 0 Å². The van der Waals surface area contributed by atoms with Crippen molar-refractivity contribution in [1.82, 2.24) is 0 Å². The predicted octanol–water partition coefficient (Wildman–Crippen LogP) is -0.908. The summed E-state index contributed by atoms with van der Waals surface area (Å²) >= 11 is -5.20. The summed E-state index contributed by atoms with van der Waals surface area (Å²) in [5.41, 5.74) is 0. The molecule has 0 spiro atoms. The van der Waals surface area contributed by atoms with Crippen LogP contribution in [0.25, 0.3) is 0 Å². The van der Waals surface area contributed by atoms with Gasteiger partial charge in [-0.15, -0.1) is 0 Å². The number of aldehydes is 2. The Morgan fingerprint density at radius 2 is 1.36 bits per heavy atom. The second kappa shape index (κ2) is 5.23. The van der Waals surface area contributed by atoms with Gasteiger partial charge < -0.3 is 0 Å². The summed E-state index contributed by atoms with van der Waals surface area (Å²) < 4.78 is 29.0. The van der Waals surface area contributed by atoms with Crippen LogP contribution in [0.1, 0.15) is 0 Å². The molecule has 0 aliphatic carbocycles. The molecule has 0 unspecified atom stereocenters. The maximum atomic E-state index is 10.5. The van der Waals surface area contributed by atoms with Crippen LogP contribution < -0.4 is 0 Å². The van der Waals surface area contributed by atoms with E-state index in [0.29, 0.717) is 0 Å². The Balaban J connectivity index is 3.80. The minimum absolute atomic E-state index is 0.278. The number of hydrogen-bond donors (Lipinski definition) is 0. The SMILES string of the molecule is O=CC[O][Mo](=[O])(=[O])[O]CC=O. The molecule has 64 valence electrons. The first-order valence-electron chi connectivity index (χ1n) is 2.53. The van der Waals surface area contributed by atoms with Crippen LogP contribution in [-0.2, 0) is 39.9 Å². The van der Waals surface area contributed by atoms with Gasteiger partial charge in [-0.2, -0.15) is 0 Å². The van der Waals surface area contributed by atoms with Crippen LogP contribution in [0.2, 0.25) is 0 Å². The fraction of sp³-hybridized carbons (Fsp3) is 0.500. The van der Waals surface area contributed by atoms with E-state index < -0.39 is 30.0 Å². The molecule has 0 N–H and O–H groups in total. The number of carbonyl (C=O) groups excluding carboxylic acids is 2. The topological polar surface area (TPSA) is 86.7 Å². The summed E-state index contributed by atoms with van der Waals surface area (Å²) in [7, 11) is 0. The van der Waals surface area contributed by atoms with Crippen LogP contribution in [0, 0.1) is 0 Å². The Hall–Kier alpha value is -0.452. The van der Waals surface area contributed by atoms with Crippen LogP contribution in [-0.4, -0.2) is 25.8 Å². The van der Waals surface area contributed by atoms with E-state index in [0.717, 1.165) is 0 Å². The zero-order valence-corrected chi connectivity index (χ0v) is 7.43. The predicted molar refractivity (Wildman–Crippen MR) is 25.4 cm³/mol. The summed E-state index contributed by atoms with van der Waals surface area (Å²) in [5, 5.41) is 0. The zero-order valence-electron chi connectivity index (χ0n) is 5.43. The Morgan fingerprint density at radius 1 is 1.00 bits per heavy atom. The van der Waals surface area contributed by atoms with E-state index in [-0.39, 0.29) is 12.6 Å². The molecule has 7 heteroatoms. The molecule has 0 bridgehead atoms. The number of carbonyl (C=O) groups is 2. The molecule has 0 aliphatic rings. The fourth-order valence-electron chi connectivity index (χ4n) is 0.256. The van der Waals surface area contributed by atoms with E-state index in [1.807, 2.05) is 0 Å². The fourth-order valence-corrected chi connectivity index (χ4v) is 1.52. The molecule has 0 fully saturated rings. The summed E-state index contributed by atoms with van der Waals surface area (Å²) in [6.07, 6.45) is 0.557. The van der Waals surface area contributed by atoms with Crippen LogP contribution in [0.15, 0.2) is 0 Å². The van der Waals surface area contributed by atoms with Crippen molar-refractivity contribution in [2.24, 2.45) is 0 Å². The first-order valence-corrected chi connectivity index (χ1v) is 5.81.